The van der Waals surface area contributed by atoms with Gasteiger partial charge in [-0.05, 0) is 47.0 Å². The van der Waals surface area contributed by atoms with Crippen LogP contribution in [0.4, 0.5) is 4.79 Å². The Morgan fingerprint density at radius 1 is 1.33 bits per heavy atom. The molecule has 0 aromatic rings. The molecule has 1 saturated heterocycles. The molecule has 1 atom stereocenters. The lowest BCUT2D eigenvalue weighted by Crippen LogP contribution is -2.51. The number of hydrogen-bond donors (Lipinski definition) is 0. The summed E-state index contributed by atoms with van der Waals surface area (Å²) in [4.78, 5) is 13.9. The first kappa shape index (κ1) is 18.8. The minimum atomic E-state index is -0.437. The Kier molecular flexibility index (Phi) is 6.98. The molecule has 0 saturated carbocycles. The minimum absolute atomic E-state index is 0.146. The molecule has 0 aromatic heterocycles. The van der Waals surface area contributed by atoms with Gasteiger partial charge in [-0.25, -0.2) is 4.79 Å². The number of likely N-dealkylation sites (tertiary alicyclic amines) is 1. The molecule has 1 heterocycles. The summed E-state index contributed by atoms with van der Waals surface area (Å²) in [7, 11) is 0. The first-order chi connectivity index (χ1) is 9.71. The van der Waals surface area contributed by atoms with Gasteiger partial charge in [0.2, 0.25) is 0 Å². The SMILES string of the molecule is CCCC(C)OC1(CBr)CCN(C(=O)OC(C)(C)C)CC1. The highest BCUT2D eigenvalue weighted by Gasteiger charge is 2.38. The number of ether oxygens (including phenoxy) is 2. The summed E-state index contributed by atoms with van der Waals surface area (Å²) in [5.74, 6) is 0. The molecule has 1 aliphatic rings. The lowest BCUT2D eigenvalue weighted by molar-refractivity contribution is -0.104. The summed E-state index contributed by atoms with van der Waals surface area (Å²) in [6, 6.07) is 0. The van der Waals surface area contributed by atoms with E-state index in [1.807, 2.05) is 20.8 Å². The van der Waals surface area contributed by atoms with E-state index >= 15 is 0 Å². The van der Waals surface area contributed by atoms with E-state index in [1.165, 1.54) is 0 Å². The van der Waals surface area contributed by atoms with Gasteiger partial charge >= 0.3 is 6.09 Å². The number of nitrogens with zero attached hydrogens (tertiary/aromatic N) is 1. The van der Waals surface area contributed by atoms with Crippen LogP contribution < -0.4 is 0 Å². The summed E-state index contributed by atoms with van der Waals surface area (Å²) in [6.07, 6.45) is 3.96. The molecule has 1 fully saturated rings. The van der Waals surface area contributed by atoms with Crippen molar-refractivity contribution < 1.29 is 14.3 Å². The molecule has 0 spiro atoms. The second-order valence-corrected chi connectivity index (χ2v) is 7.56. The maximum atomic E-state index is 12.1. The first-order valence-corrected chi connectivity index (χ1v) is 9.05. The van der Waals surface area contributed by atoms with Crippen LogP contribution in [0.5, 0.6) is 0 Å². The van der Waals surface area contributed by atoms with Crippen molar-refractivity contribution in [3.8, 4) is 0 Å². The molecule has 0 aromatic carbocycles. The van der Waals surface area contributed by atoms with Crippen LogP contribution in [0.3, 0.4) is 0 Å². The van der Waals surface area contributed by atoms with Crippen LogP contribution in [0.2, 0.25) is 0 Å². The summed E-state index contributed by atoms with van der Waals surface area (Å²) >= 11 is 3.59. The number of carbonyl (C=O) groups excluding carboxylic acids is 1. The van der Waals surface area contributed by atoms with E-state index in [9.17, 15) is 4.79 Å². The van der Waals surface area contributed by atoms with E-state index in [0.717, 1.165) is 31.0 Å². The van der Waals surface area contributed by atoms with Gasteiger partial charge in [0.05, 0.1) is 11.7 Å². The third-order valence-electron chi connectivity index (χ3n) is 3.72. The van der Waals surface area contributed by atoms with Crippen molar-refractivity contribution in [3.63, 3.8) is 0 Å². The van der Waals surface area contributed by atoms with E-state index < -0.39 is 5.60 Å². The zero-order chi connectivity index (χ0) is 16.1. The van der Waals surface area contributed by atoms with Gasteiger partial charge in [0.1, 0.15) is 5.60 Å². The molecule has 0 aliphatic carbocycles. The summed E-state index contributed by atoms with van der Waals surface area (Å²) in [5.41, 5.74) is -0.583. The molecule has 124 valence electrons. The van der Waals surface area contributed by atoms with Gasteiger partial charge < -0.3 is 14.4 Å². The first-order valence-electron chi connectivity index (χ1n) is 7.93. The number of halogens is 1. The molecule has 1 aliphatic heterocycles. The van der Waals surface area contributed by atoms with Gasteiger partial charge in [0.25, 0.3) is 0 Å². The summed E-state index contributed by atoms with van der Waals surface area (Å²) in [5, 5.41) is 0.816. The number of amides is 1. The van der Waals surface area contributed by atoms with Crippen molar-refractivity contribution in [2.75, 3.05) is 18.4 Å². The van der Waals surface area contributed by atoms with E-state index in [2.05, 4.69) is 29.8 Å². The van der Waals surface area contributed by atoms with Gasteiger partial charge in [0.15, 0.2) is 0 Å². The number of alkyl halides is 1. The maximum absolute atomic E-state index is 12.1. The summed E-state index contributed by atoms with van der Waals surface area (Å²) in [6.45, 7) is 11.4. The Balaban J connectivity index is 2.53. The van der Waals surface area contributed by atoms with Crippen molar-refractivity contribution in [1.29, 1.82) is 0 Å². The monoisotopic (exact) mass is 363 g/mol. The van der Waals surface area contributed by atoms with Crippen molar-refractivity contribution in [1.82, 2.24) is 4.90 Å². The zero-order valence-electron chi connectivity index (χ0n) is 14.1. The molecule has 0 bridgehead atoms. The Bertz CT molecular complexity index is 333. The van der Waals surface area contributed by atoms with Crippen molar-refractivity contribution >= 4 is 22.0 Å². The fourth-order valence-electron chi connectivity index (χ4n) is 2.60. The lowest BCUT2D eigenvalue weighted by atomic mass is 9.93. The summed E-state index contributed by atoms with van der Waals surface area (Å²) < 4.78 is 11.7. The van der Waals surface area contributed by atoms with Crippen molar-refractivity contribution in [2.24, 2.45) is 0 Å². The van der Waals surface area contributed by atoms with Crippen LogP contribution >= 0.6 is 15.9 Å². The van der Waals surface area contributed by atoms with Gasteiger partial charge in [-0.2, -0.15) is 0 Å². The molecule has 0 radical (unpaired) electrons. The number of hydrogen-bond acceptors (Lipinski definition) is 3. The highest BCUT2D eigenvalue weighted by molar-refractivity contribution is 9.09. The van der Waals surface area contributed by atoms with E-state index in [4.69, 9.17) is 9.47 Å². The smallest absolute Gasteiger partial charge is 0.410 e. The van der Waals surface area contributed by atoms with Gasteiger partial charge in [0, 0.05) is 18.4 Å². The van der Waals surface area contributed by atoms with Crippen LogP contribution in [0.15, 0.2) is 0 Å². The Morgan fingerprint density at radius 3 is 2.33 bits per heavy atom. The highest BCUT2D eigenvalue weighted by atomic mass is 79.9. The molecular weight excluding hydrogens is 334 g/mol. The molecule has 0 N–H and O–H groups in total. The van der Waals surface area contributed by atoms with Crippen molar-refractivity contribution in [2.45, 2.75) is 77.6 Å². The van der Waals surface area contributed by atoms with Crippen LogP contribution in [0.25, 0.3) is 0 Å². The van der Waals surface area contributed by atoms with E-state index in [0.29, 0.717) is 13.1 Å². The lowest BCUT2D eigenvalue weighted by Gasteiger charge is -2.42. The fourth-order valence-corrected chi connectivity index (χ4v) is 3.29. The van der Waals surface area contributed by atoms with Crippen LogP contribution in [0.1, 0.15) is 60.3 Å². The second-order valence-electron chi connectivity index (χ2n) is 7.00. The van der Waals surface area contributed by atoms with Gasteiger partial charge in [-0.15, -0.1) is 0 Å². The molecule has 5 heteroatoms. The Labute approximate surface area is 137 Å². The highest BCUT2D eigenvalue weighted by Crippen LogP contribution is 2.31. The number of piperidine rings is 1. The Hall–Kier alpha value is -0.290. The fraction of sp³-hybridized carbons (Fsp3) is 0.938. The van der Waals surface area contributed by atoms with E-state index in [1.54, 1.807) is 4.90 Å². The predicted octanol–water partition coefficient (Wildman–Crippen LogP) is 4.36. The van der Waals surface area contributed by atoms with Gasteiger partial charge in [-0.1, -0.05) is 29.3 Å². The maximum Gasteiger partial charge on any atom is 0.410 e. The number of rotatable bonds is 5. The molecule has 1 rings (SSSR count). The largest absolute Gasteiger partial charge is 0.444 e. The Morgan fingerprint density at radius 2 is 1.90 bits per heavy atom. The van der Waals surface area contributed by atoms with Crippen molar-refractivity contribution in [3.05, 3.63) is 0 Å². The quantitative estimate of drug-likeness (QED) is 0.681. The third-order valence-corrected chi connectivity index (χ3v) is 4.74. The molecule has 21 heavy (non-hydrogen) atoms. The predicted molar refractivity (Wildman–Crippen MR) is 89.0 cm³/mol. The second kappa shape index (κ2) is 7.82. The third kappa shape index (κ3) is 6.15. The number of carbonyl (C=O) groups is 1. The molecular formula is C16H30BrNO3. The molecule has 1 amide bonds. The molecule has 1 unspecified atom stereocenters. The van der Waals surface area contributed by atoms with Crippen LogP contribution in [-0.4, -0.2) is 46.7 Å². The minimum Gasteiger partial charge on any atom is -0.444 e. The molecule has 4 nitrogen and oxygen atoms in total. The zero-order valence-corrected chi connectivity index (χ0v) is 15.7. The van der Waals surface area contributed by atoms with Crippen LogP contribution in [0, 0.1) is 0 Å². The average Bonchev–Trinajstić information content (AvgIpc) is 2.37. The average molecular weight is 364 g/mol. The van der Waals surface area contributed by atoms with Gasteiger partial charge in [-0.3, -0.25) is 0 Å². The normalized spacial score (nSPS) is 20.2. The van der Waals surface area contributed by atoms with Crippen LogP contribution in [-0.2, 0) is 9.47 Å². The standard InChI is InChI=1S/C16H30BrNO3/c1-6-7-13(2)20-16(12-17)8-10-18(11-9-16)14(19)21-15(3,4)5/h13H,6-12H2,1-5H3. The van der Waals surface area contributed by atoms with E-state index in [-0.39, 0.29) is 17.8 Å². The topological polar surface area (TPSA) is 38.8 Å².